The van der Waals surface area contributed by atoms with Gasteiger partial charge in [0.2, 0.25) is 0 Å². The summed E-state index contributed by atoms with van der Waals surface area (Å²) in [7, 11) is 0. The number of carboxylic acids is 1. The molecule has 20 heavy (non-hydrogen) atoms. The van der Waals surface area contributed by atoms with Gasteiger partial charge in [0.25, 0.3) is 5.91 Å². The van der Waals surface area contributed by atoms with Crippen molar-refractivity contribution in [1.82, 2.24) is 10.3 Å². The van der Waals surface area contributed by atoms with Gasteiger partial charge >= 0.3 is 5.97 Å². The number of rotatable bonds is 7. The minimum absolute atomic E-state index is 0.0679. The SMILES string of the molecule is CCC(CC)(CC(=O)O)NC(=O)c1cnc(C(C)C)s1. The van der Waals surface area contributed by atoms with Crippen LogP contribution in [0.15, 0.2) is 6.20 Å². The van der Waals surface area contributed by atoms with Gasteiger partial charge < -0.3 is 10.4 Å². The van der Waals surface area contributed by atoms with E-state index < -0.39 is 11.5 Å². The molecule has 0 aliphatic heterocycles. The van der Waals surface area contributed by atoms with Crippen molar-refractivity contribution in [2.24, 2.45) is 0 Å². The maximum Gasteiger partial charge on any atom is 0.305 e. The van der Waals surface area contributed by atoms with Crippen LogP contribution in [0, 0.1) is 0 Å². The number of aliphatic carboxylic acids is 1. The molecular formula is C14H22N2O3S. The summed E-state index contributed by atoms with van der Waals surface area (Å²) in [6, 6.07) is 0. The number of aromatic nitrogens is 1. The lowest BCUT2D eigenvalue weighted by atomic mass is 9.89. The highest BCUT2D eigenvalue weighted by Gasteiger charge is 2.31. The molecule has 1 aromatic heterocycles. The van der Waals surface area contributed by atoms with Gasteiger partial charge in [-0.1, -0.05) is 27.7 Å². The molecule has 5 nitrogen and oxygen atoms in total. The summed E-state index contributed by atoms with van der Waals surface area (Å²) in [4.78, 5) is 28.0. The Morgan fingerprint density at radius 2 is 2.00 bits per heavy atom. The molecule has 1 aromatic rings. The van der Waals surface area contributed by atoms with Gasteiger partial charge in [0.15, 0.2) is 0 Å². The standard InChI is InChI=1S/C14H22N2O3S/c1-5-14(6-2,7-11(17)18)16-12(19)10-8-15-13(20-10)9(3)4/h8-9H,5-7H2,1-4H3,(H,16,19)(H,17,18). The van der Waals surface area contributed by atoms with Crippen molar-refractivity contribution >= 4 is 23.2 Å². The summed E-state index contributed by atoms with van der Waals surface area (Å²) < 4.78 is 0. The van der Waals surface area contributed by atoms with Crippen molar-refractivity contribution in [3.05, 3.63) is 16.1 Å². The highest BCUT2D eigenvalue weighted by molar-refractivity contribution is 7.13. The molecule has 0 aromatic carbocycles. The summed E-state index contributed by atoms with van der Waals surface area (Å²) in [5.41, 5.74) is -0.690. The number of hydrogen-bond acceptors (Lipinski definition) is 4. The molecule has 2 N–H and O–H groups in total. The second-order valence-electron chi connectivity index (χ2n) is 5.23. The minimum atomic E-state index is -0.902. The molecule has 0 atom stereocenters. The fourth-order valence-electron chi connectivity index (χ4n) is 1.97. The number of nitrogens with one attached hydrogen (secondary N) is 1. The van der Waals surface area contributed by atoms with E-state index in [1.165, 1.54) is 11.3 Å². The lowest BCUT2D eigenvalue weighted by Gasteiger charge is -2.31. The molecule has 0 bridgehead atoms. The lowest BCUT2D eigenvalue weighted by molar-refractivity contribution is -0.138. The maximum atomic E-state index is 12.3. The van der Waals surface area contributed by atoms with E-state index >= 15 is 0 Å². The molecule has 1 rings (SSSR count). The van der Waals surface area contributed by atoms with Gasteiger partial charge in [-0.25, -0.2) is 4.98 Å². The zero-order chi connectivity index (χ0) is 15.3. The third-order valence-electron chi connectivity index (χ3n) is 3.46. The number of hydrogen-bond donors (Lipinski definition) is 2. The van der Waals surface area contributed by atoms with Gasteiger partial charge in [-0.05, 0) is 12.8 Å². The van der Waals surface area contributed by atoms with E-state index in [2.05, 4.69) is 10.3 Å². The van der Waals surface area contributed by atoms with Gasteiger partial charge in [0.05, 0.1) is 23.2 Å². The van der Waals surface area contributed by atoms with Gasteiger partial charge in [0.1, 0.15) is 4.88 Å². The summed E-state index contributed by atoms with van der Waals surface area (Å²) in [6.07, 6.45) is 2.66. The molecule has 0 fully saturated rings. The highest BCUT2D eigenvalue weighted by Crippen LogP contribution is 2.24. The third-order valence-corrected chi connectivity index (χ3v) is 4.76. The summed E-state index contributed by atoms with van der Waals surface area (Å²) in [6.45, 7) is 7.82. The molecule has 112 valence electrons. The fourth-order valence-corrected chi connectivity index (χ4v) is 2.79. The zero-order valence-electron chi connectivity index (χ0n) is 12.4. The predicted octanol–water partition coefficient (Wildman–Crippen LogP) is 3.03. The van der Waals surface area contributed by atoms with Crippen LogP contribution in [0.3, 0.4) is 0 Å². The first-order valence-electron chi connectivity index (χ1n) is 6.83. The van der Waals surface area contributed by atoms with Crippen LogP contribution in [0.1, 0.15) is 67.6 Å². The lowest BCUT2D eigenvalue weighted by Crippen LogP contribution is -2.48. The van der Waals surface area contributed by atoms with Crippen LogP contribution in [0.5, 0.6) is 0 Å². The molecule has 0 saturated carbocycles. The Morgan fingerprint density at radius 3 is 2.40 bits per heavy atom. The van der Waals surface area contributed by atoms with Crippen molar-refractivity contribution in [2.45, 2.75) is 58.4 Å². The Kier molecular flexibility index (Phi) is 5.68. The molecule has 0 aliphatic rings. The molecule has 0 spiro atoms. The fraction of sp³-hybridized carbons (Fsp3) is 0.643. The van der Waals surface area contributed by atoms with Crippen LogP contribution in [0.2, 0.25) is 0 Å². The van der Waals surface area contributed by atoms with E-state index in [1.54, 1.807) is 6.20 Å². The van der Waals surface area contributed by atoms with Gasteiger partial charge in [-0.15, -0.1) is 11.3 Å². The smallest absolute Gasteiger partial charge is 0.305 e. The molecule has 1 amide bonds. The first kappa shape index (κ1) is 16.6. The van der Waals surface area contributed by atoms with Gasteiger partial charge in [-0.3, -0.25) is 9.59 Å². The molecule has 6 heteroatoms. The number of amides is 1. The molecule has 1 heterocycles. The van der Waals surface area contributed by atoms with Crippen LogP contribution < -0.4 is 5.32 Å². The number of nitrogens with zero attached hydrogens (tertiary/aromatic N) is 1. The molecule has 0 saturated heterocycles. The number of carbonyl (C=O) groups is 2. The summed E-state index contributed by atoms with van der Waals surface area (Å²) in [5, 5.41) is 12.8. The van der Waals surface area contributed by atoms with Crippen molar-refractivity contribution in [2.75, 3.05) is 0 Å². The molecule has 0 aliphatic carbocycles. The predicted molar refractivity (Wildman–Crippen MR) is 79.2 cm³/mol. The average molecular weight is 298 g/mol. The second kappa shape index (κ2) is 6.83. The van der Waals surface area contributed by atoms with Crippen molar-refractivity contribution in [3.8, 4) is 0 Å². The number of carboxylic acid groups (broad SMARTS) is 1. The minimum Gasteiger partial charge on any atom is -0.481 e. The van der Waals surface area contributed by atoms with Crippen LogP contribution >= 0.6 is 11.3 Å². The Labute approximate surface area is 123 Å². The normalized spacial score (nSPS) is 11.7. The quantitative estimate of drug-likeness (QED) is 0.811. The van der Waals surface area contributed by atoms with E-state index in [0.29, 0.717) is 17.7 Å². The van der Waals surface area contributed by atoms with E-state index in [9.17, 15) is 9.59 Å². The Morgan fingerprint density at radius 1 is 1.40 bits per heavy atom. The highest BCUT2D eigenvalue weighted by atomic mass is 32.1. The van der Waals surface area contributed by atoms with E-state index in [4.69, 9.17) is 5.11 Å². The van der Waals surface area contributed by atoms with Crippen LogP contribution in [0.25, 0.3) is 0 Å². The van der Waals surface area contributed by atoms with Gasteiger partial charge in [-0.2, -0.15) is 0 Å². The zero-order valence-corrected chi connectivity index (χ0v) is 13.2. The molecular weight excluding hydrogens is 276 g/mol. The average Bonchev–Trinajstić information content (AvgIpc) is 2.87. The van der Waals surface area contributed by atoms with E-state index in [-0.39, 0.29) is 18.2 Å². The summed E-state index contributed by atoms with van der Waals surface area (Å²) >= 11 is 1.36. The Balaban J connectivity index is 2.87. The van der Waals surface area contributed by atoms with Crippen molar-refractivity contribution in [3.63, 3.8) is 0 Å². The topological polar surface area (TPSA) is 79.3 Å². The number of carbonyl (C=O) groups excluding carboxylic acids is 1. The van der Waals surface area contributed by atoms with Crippen molar-refractivity contribution < 1.29 is 14.7 Å². The third kappa shape index (κ3) is 4.03. The van der Waals surface area contributed by atoms with E-state index in [1.807, 2.05) is 27.7 Å². The van der Waals surface area contributed by atoms with Gasteiger partial charge in [0, 0.05) is 5.92 Å². The van der Waals surface area contributed by atoms with Crippen LogP contribution in [0.4, 0.5) is 0 Å². The van der Waals surface area contributed by atoms with Crippen molar-refractivity contribution in [1.29, 1.82) is 0 Å². The largest absolute Gasteiger partial charge is 0.481 e. The second-order valence-corrected chi connectivity index (χ2v) is 6.29. The van der Waals surface area contributed by atoms with Crippen LogP contribution in [-0.2, 0) is 4.79 Å². The molecule has 0 unspecified atom stereocenters. The Hall–Kier alpha value is -1.43. The maximum absolute atomic E-state index is 12.3. The van der Waals surface area contributed by atoms with E-state index in [0.717, 1.165) is 5.01 Å². The first-order chi connectivity index (χ1) is 9.33. The monoisotopic (exact) mass is 298 g/mol. The molecule has 0 radical (unpaired) electrons. The van der Waals surface area contributed by atoms with Crippen LogP contribution in [-0.4, -0.2) is 27.5 Å². The Bertz CT molecular complexity index is 479. The summed E-state index contributed by atoms with van der Waals surface area (Å²) in [5.74, 6) is -0.858. The first-order valence-corrected chi connectivity index (χ1v) is 7.65. The number of thiazole rings is 1.